The van der Waals surface area contributed by atoms with E-state index in [-0.39, 0.29) is 11.5 Å². The minimum atomic E-state index is -0.262. The number of likely N-dealkylation sites (N-methyl/N-ethyl adjacent to an activating group) is 1. The fourth-order valence-electron chi connectivity index (χ4n) is 3.11. The smallest absolute Gasteiger partial charge is 0.0725 e. The molecule has 0 saturated carbocycles. The highest BCUT2D eigenvalue weighted by atomic mass is 16.3. The Balaban J connectivity index is 2.48. The van der Waals surface area contributed by atoms with Gasteiger partial charge in [0, 0.05) is 18.2 Å². The first-order valence-electron chi connectivity index (χ1n) is 5.94. The Bertz CT molecular complexity index is 365. The second-order valence-electron chi connectivity index (χ2n) is 5.31. The lowest BCUT2D eigenvalue weighted by atomic mass is 9.78. The Morgan fingerprint density at radius 1 is 1.50 bits per heavy atom. The van der Waals surface area contributed by atoms with E-state index in [0.29, 0.717) is 6.04 Å². The largest absolute Gasteiger partial charge is 0.389 e. The van der Waals surface area contributed by atoms with Crippen molar-refractivity contribution >= 4 is 0 Å². The molecule has 2 heteroatoms. The van der Waals surface area contributed by atoms with Crippen molar-refractivity contribution in [3.63, 3.8) is 0 Å². The third-order valence-electron chi connectivity index (χ3n) is 3.95. The Labute approximate surface area is 98.0 Å². The summed E-state index contributed by atoms with van der Waals surface area (Å²) in [6.07, 6.45) is 7.64. The lowest BCUT2D eigenvalue weighted by Crippen LogP contribution is -2.29. The molecule has 2 rings (SSSR count). The molecule has 2 aliphatic rings. The Morgan fingerprint density at radius 3 is 2.81 bits per heavy atom. The van der Waals surface area contributed by atoms with Gasteiger partial charge in [-0.1, -0.05) is 32.6 Å². The van der Waals surface area contributed by atoms with Gasteiger partial charge in [0.1, 0.15) is 0 Å². The molecular formula is C14H21NO. The van der Waals surface area contributed by atoms with Gasteiger partial charge in [-0.3, -0.25) is 0 Å². The molecule has 1 N–H and O–H groups in total. The number of allylic oxidation sites excluding steroid dienone is 3. The first kappa shape index (κ1) is 11.5. The first-order chi connectivity index (χ1) is 7.48. The number of rotatable bonds is 1. The number of aliphatic hydroxyl groups excluding tert-OH is 1. The van der Waals surface area contributed by atoms with E-state index in [1.807, 2.05) is 6.08 Å². The van der Waals surface area contributed by atoms with Crippen LogP contribution in [0.4, 0.5) is 0 Å². The Morgan fingerprint density at radius 2 is 2.19 bits per heavy atom. The summed E-state index contributed by atoms with van der Waals surface area (Å²) >= 11 is 0. The van der Waals surface area contributed by atoms with Gasteiger partial charge in [0.25, 0.3) is 0 Å². The monoisotopic (exact) mass is 219 g/mol. The molecule has 0 aromatic heterocycles. The van der Waals surface area contributed by atoms with Crippen molar-refractivity contribution in [2.24, 2.45) is 5.41 Å². The quantitative estimate of drug-likeness (QED) is 0.685. The molecule has 1 aliphatic heterocycles. The van der Waals surface area contributed by atoms with E-state index in [9.17, 15) is 5.11 Å². The van der Waals surface area contributed by atoms with E-state index in [1.54, 1.807) is 0 Å². The summed E-state index contributed by atoms with van der Waals surface area (Å²) in [4.78, 5) is 2.33. The number of hydrogen-bond donors (Lipinski definition) is 1. The molecule has 0 radical (unpaired) electrons. The molecular weight excluding hydrogens is 198 g/mol. The van der Waals surface area contributed by atoms with E-state index in [1.165, 1.54) is 11.3 Å². The molecule has 2 unspecified atom stereocenters. The van der Waals surface area contributed by atoms with Gasteiger partial charge in [0.2, 0.25) is 0 Å². The van der Waals surface area contributed by atoms with Crippen LogP contribution in [0.2, 0.25) is 0 Å². The zero-order valence-corrected chi connectivity index (χ0v) is 10.4. The van der Waals surface area contributed by atoms with Gasteiger partial charge in [0.15, 0.2) is 0 Å². The predicted molar refractivity (Wildman–Crippen MR) is 66.9 cm³/mol. The number of aliphatic hydroxyl groups is 1. The van der Waals surface area contributed by atoms with Crippen LogP contribution in [-0.2, 0) is 0 Å². The van der Waals surface area contributed by atoms with Crippen molar-refractivity contribution in [1.29, 1.82) is 0 Å². The van der Waals surface area contributed by atoms with Crippen LogP contribution in [0.25, 0.3) is 0 Å². The first-order valence-corrected chi connectivity index (χ1v) is 5.94. The molecule has 0 amide bonds. The van der Waals surface area contributed by atoms with E-state index >= 15 is 0 Å². The van der Waals surface area contributed by atoms with E-state index in [0.717, 1.165) is 12.8 Å². The third-order valence-corrected chi connectivity index (χ3v) is 3.95. The standard InChI is InChI=1S/C14H21NO/c1-5-6-13-14(2,3)11-9-10(16)7-8-12(11)15(13)4/h5-6,9-10,12,16H,1,7-8H2,2-4H3/b13-6+. The average molecular weight is 219 g/mol. The van der Waals surface area contributed by atoms with Crippen LogP contribution in [-0.4, -0.2) is 29.2 Å². The van der Waals surface area contributed by atoms with Crippen LogP contribution in [0.1, 0.15) is 26.7 Å². The number of nitrogens with zero attached hydrogens (tertiary/aromatic N) is 1. The lowest BCUT2D eigenvalue weighted by Gasteiger charge is -2.28. The van der Waals surface area contributed by atoms with Crippen LogP contribution in [0, 0.1) is 5.41 Å². The second-order valence-corrected chi connectivity index (χ2v) is 5.31. The van der Waals surface area contributed by atoms with Crippen molar-refractivity contribution < 1.29 is 5.11 Å². The summed E-state index contributed by atoms with van der Waals surface area (Å²) in [6, 6.07) is 0.463. The van der Waals surface area contributed by atoms with Crippen LogP contribution in [0.3, 0.4) is 0 Å². The van der Waals surface area contributed by atoms with E-state index in [2.05, 4.69) is 44.5 Å². The molecule has 2 atom stereocenters. The molecule has 16 heavy (non-hydrogen) atoms. The zero-order valence-electron chi connectivity index (χ0n) is 10.4. The van der Waals surface area contributed by atoms with Gasteiger partial charge >= 0.3 is 0 Å². The van der Waals surface area contributed by atoms with Crippen LogP contribution in [0.15, 0.2) is 36.1 Å². The molecule has 1 heterocycles. The zero-order chi connectivity index (χ0) is 11.9. The Kier molecular flexibility index (Phi) is 2.70. The summed E-state index contributed by atoms with van der Waals surface area (Å²) in [5, 5.41) is 9.76. The maximum Gasteiger partial charge on any atom is 0.0725 e. The highest BCUT2D eigenvalue weighted by molar-refractivity contribution is 5.41. The number of fused-ring (bicyclic) bond motifs is 1. The SMILES string of the molecule is C=C/C=C1/N(C)C2CCC(O)C=C2C1(C)C. The lowest BCUT2D eigenvalue weighted by molar-refractivity contribution is 0.185. The minimum Gasteiger partial charge on any atom is -0.389 e. The molecule has 1 aliphatic carbocycles. The Hall–Kier alpha value is -1.02. The van der Waals surface area contributed by atoms with Crippen LogP contribution >= 0.6 is 0 Å². The molecule has 0 spiro atoms. The number of hydrogen-bond acceptors (Lipinski definition) is 2. The van der Waals surface area contributed by atoms with Gasteiger partial charge in [-0.2, -0.15) is 0 Å². The second kappa shape index (κ2) is 3.77. The van der Waals surface area contributed by atoms with Crippen molar-refractivity contribution in [2.45, 2.75) is 38.8 Å². The maximum atomic E-state index is 9.76. The average Bonchev–Trinajstić information content (AvgIpc) is 2.40. The summed E-state index contributed by atoms with van der Waals surface area (Å²) in [7, 11) is 2.14. The van der Waals surface area contributed by atoms with Crippen molar-refractivity contribution in [2.75, 3.05) is 7.05 Å². The topological polar surface area (TPSA) is 23.5 Å². The molecule has 0 aromatic rings. The number of likely N-dealkylation sites (tertiary alicyclic amines) is 1. The summed E-state index contributed by atoms with van der Waals surface area (Å²) in [5.41, 5.74) is 2.68. The maximum absolute atomic E-state index is 9.76. The molecule has 88 valence electrons. The molecule has 0 bridgehead atoms. The molecule has 1 fully saturated rings. The fraction of sp³-hybridized carbons (Fsp3) is 0.571. The molecule has 1 saturated heterocycles. The third kappa shape index (κ3) is 1.52. The van der Waals surface area contributed by atoms with Crippen LogP contribution < -0.4 is 0 Å². The van der Waals surface area contributed by atoms with Crippen LogP contribution in [0.5, 0.6) is 0 Å². The van der Waals surface area contributed by atoms with Crippen molar-refractivity contribution in [1.82, 2.24) is 4.90 Å². The van der Waals surface area contributed by atoms with Gasteiger partial charge in [0.05, 0.1) is 12.1 Å². The normalized spacial score (nSPS) is 34.9. The highest BCUT2D eigenvalue weighted by Crippen LogP contribution is 2.49. The highest BCUT2D eigenvalue weighted by Gasteiger charge is 2.45. The van der Waals surface area contributed by atoms with Gasteiger partial charge in [-0.05, 0) is 24.5 Å². The van der Waals surface area contributed by atoms with Gasteiger partial charge < -0.3 is 10.0 Å². The van der Waals surface area contributed by atoms with Gasteiger partial charge in [-0.25, -0.2) is 0 Å². The summed E-state index contributed by atoms with van der Waals surface area (Å²) in [6.45, 7) is 8.23. The van der Waals surface area contributed by atoms with E-state index < -0.39 is 0 Å². The minimum absolute atomic E-state index is 0.0228. The summed E-state index contributed by atoms with van der Waals surface area (Å²) < 4.78 is 0. The predicted octanol–water partition coefficient (Wildman–Crippen LogP) is 2.48. The van der Waals surface area contributed by atoms with Crippen molar-refractivity contribution in [3.8, 4) is 0 Å². The molecule has 0 aromatic carbocycles. The molecule has 2 nitrogen and oxygen atoms in total. The van der Waals surface area contributed by atoms with Crippen molar-refractivity contribution in [3.05, 3.63) is 36.1 Å². The van der Waals surface area contributed by atoms with Gasteiger partial charge in [-0.15, -0.1) is 0 Å². The fourth-order valence-corrected chi connectivity index (χ4v) is 3.11. The summed E-state index contributed by atoms with van der Waals surface area (Å²) in [5.74, 6) is 0. The van der Waals surface area contributed by atoms with E-state index in [4.69, 9.17) is 0 Å².